The summed E-state index contributed by atoms with van der Waals surface area (Å²) in [5, 5.41) is -0.990. The van der Waals surface area contributed by atoms with Gasteiger partial charge >= 0.3 is 6.18 Å². The summed E-state index contributed by atoms with van der Waals surface area (Å²) in [5.41, 5.74) is 1.32. The van der Waals surface area contributed by atoms with Crippen LogP contribution < -0.4 is 0 Å². The maximum atomic E-state index is 14.4. The summed E-state index contributed by atoms with van der Waals surface area (Å²) in [7, 11) is -3.34. The van der Waals surface area contributed by atoms with Gasteiger partial charge in [0, 0.05) is 19.5 Å². The van der Waals surface area contributed by atoms with E-state index < -0.39 is 48.8 Å². The maximum absolute atomic E-state index is 14.4. The fourth-order valence-corrected chi connectivity index (χ4v) is 7.88. The number of fused-ring (bicyclic) bond motifs is 2. The Balaban J connectivity index is 1.41. The Morgan fingerprint density at radius 3 is 2.44 bits per heavy atom. The van der Waals surface area contributed by atoms with Gasteiger partial charge in [0.2, 0.25) is 10.0 Å². The number of ether oxygens (including phenoxy) is 1. The van der Waals surface area contributed by atoms with Crippen molar-refractivity contribution in [2.24, 2.45) is 4.40 Å². The van der Waals surface area contributed by atoms with E-state index in [9.17, 15) is 26.0 Å². The Kier molecular flexibility index (Phi) is 6.45. The Morgan fingerprint density at radius 1 is 1.17 bits per heavy atom. The summed E-state index contributed by atoms with van der Waals surface area (Å²) < 4.78 is 90.7. The van der Waals surface area contributed by atoms with Crippen LogP contribution in [0.2, 0.25) is 10.0 Å². The van der Waals surface area contributed by atoms with Crippen molar-refractivity contribution in [3.8, 4) is 0 Å². The lowest BCUT2D eigenvalue weighted by Gasteiger charge is -2.46. The van der Waals surface area contributed by atoms with Crippen LogP contribution in [0.4, 0.5) is 17.6 Å². The molecule has 3 aliphatic rings. The number of hydrogen-bond donors (Lipinski definition) is 0. The molecule has 1 fully saturated rings. The highest BCUT2D eigenvalue weighted by Crippen LogP contribution is 2.57. The van der Waals surface area contributed by atoms with Gasteiger partial charge in [-0.05, 0) is 58.8 Å². The first-order valence-corrected chi connectivity index (χ1v) is 14.2. The van der Waals surface area contributed by atoms with Gasteiger partial charge in [-0.2, -0.15) is 17.5 Å². The van der Waals surface area contributed by atoms with Crippen LogP contribution in [0.1, 0.15) is 42.0 Å². The quantitative estimate of drug-likeness (QED) is 0.239. The van der Waals surface area contributed by atoms with Gasteiger partial charge in [-0.15, -0.1) is 0 Å². The molecule has 1 atom stereocenters. The van der Waals surface area contributed by atoms with Crippen molar-refractivity contribution in [2.75, 3.05) is 18.8 Å². The summed E-state index contributed by atoms with van der Waals surface area (Å²) in [5.74, 6) is -0.911. The molecule has 0 N–H and O–H groups in total. The van der Waals surface area contributed by atoms with Crippen LogP contribution in [0, 0.1) is 5.82 Å². The van der Waals surface area contributed by atoms with Crippen LogP contribution in [-0.4, -0.2) is 43.5 Å². The minimum atomic E-state index is -4.73. The zero-order chi connectivity index (χ0) is 26.1. The largest absolute Gasteiger partial charge is 0.409 e. The molecular formula is C23H20Cl2F4N2O3S2. The van der Waals surface area contributed by atoms with Gasteiger partial charge in [0.15, 0.2) is 10.6 Å². The van der Waals surface area contributed by atoms with Gasteiger partial charge in [0.1, 0.15) is 5.60 Å². The molecule has 1 spiro atoms. The molecule has 0 radical (unpaired) electrons. The van der Waals surface area contributed by atoms with E-state index in [1.807, 2.05) is 0 Å². The van der Waals surface area contributed by atoms with Crippen molar-refractivity contribution in [1.29, 1.82) is 0 Å². The normalized spacial score (nSPS) is 23.6. The van der Waals surface area contributed by atoms with E-state index >= 15 is 0 Å². The van der Waals surface area contributed by atoms with Crippen LogP contribution in [0.5, 0.6) is 0 Å². The van der Waals surface area contributed by atoms with Crippen molar-refractivity contribution >= 4 is 50.9 Å². The molecule has 0 aromatic heterocycles. The van der Waals surface area contributed by atoms with E-state index in [1.54, 1.807) is 25.1 Å². The van der Waals surface area contributed by atoms with E-state index in [1.165, 1.54) is 4.31 Å². The molecule has 5 nitrogen and oxygen atoms in total. The maximum Gasteiger partial charge on any atom is 0.409 e. The molecule has 194 valence electrons. The standard InChI is InChI=1S/C23H20Cl2F4N2O3S2/c1-2-5-36(32,33)31-11-21(12-31)16-4-3-13(6-14(16)10-34-21)19-9-22(35-30-19,23(27,28)29)15-7-17(24)20(26)18(25)8-15/h3-4,6-8H,2,5,9-12H2,1H3. The van der Waals surface area contributed by atoms with E-state index in [0.29, 0.717) is 23.9 Å². The van der Waals surface area contributed by atoms with Gasteiger partial charge in [-0.1, -0.05) is 42.3 Å². The van der Waals surface area contributed by atoms with Crippen molar-refractivity contribution in [1.82, 2.24) is 4.31 Å². The first-order chi connectivity index (χ1) is 16.8. The Morgan fingerprint density at radius 2 is 1.83 bits per heavy atom. The molecule has 3 aliphatic heterocycles. The van der Waals surface area contributed by atoms with Crippen LogP contribution in [0.25, 0.3) is 0 Å². The molecule has 1 unspecified atom stereocenters. The number of benzene rings is 2. The summed E-state index contributed by atoms with van der Waals surface area (Å²) in [6.45, 7) is 2.44. The zero-order valence-electron chi connectivity index (χ0n) is 18.8. The molecular weight excluding hydrogens is 563 g/mol. The van der Waals surface area contributed by atoms with Crippen LogP contribution in [0.3, 0.4) is 0 Å². The smallest absolute Gasteiger partial charge is 0.363 e. The SMILES string of the molecule is CCCS(=O)(=O)N1CC2(C1)OCc1cc(C3=NSC(c4cc(Cl)c(F)c(Cl)c4)(C(F)(F)F)C3)ccc12. The van der Waals surface area contributed by atoms with Crippen LogP contribution in [0.15, 0.2) is 34.7 Å². The fraction of sp³-hybridized carbons (Fsp3) is 0.435. The molecule has 3 heterocycles. The fourth-order valence-electron chi connectivity index (χ4n) is 4.85. The number of halogens is 6. The third-order valence-electron chi connectivity index (χ3n) is 6.79. The predicted molar refractivity (Wildman–Crippen MR) is 131 cm³/mol. The highest BCUT2D eigenvalue weighted by Gasteiger charge is 2.60. The number of alkyl halides is 3. The molecule has 0 aliphatic carbocycles. The van der Waals surface area contributed by atoms with E-state index in [-0.39, 0.29) is 36.7 Å². The highest BCUT2D eigenvalue weighted by molar-refractivity contribution is 7.99. The van der Waals surface area contributed by atoms with Crippen molar-refractivity contribution < 1.29 is 30.7 Å². The first-order valence-electron chi connectivity index (χ1n) is 11.0. The predicted octanol–water partition coefficient (Wildman–Crippen LogP) is 6.21. The van der Waals surface area contributed by atoms with Gasteiger partial charge < -0.3 is 4.74 Å². The van der Waals surface area contributed by atoms with Crippen molar-refractivity contribution in [3.05, 3.63) is 68.4 Å². The topological polar surface area (TPSA) is 59.0 Å². The summed E-state index contributed by atoms with van der Waals surface area (Å²) in [4.78, 5) is 0. The summed E-state index contributed by atoms with van der Waals surface area (Å²) in [6, 6.07) is 7.07. The Hall–Kier alpha value is -1.37. The lowest BCUT2D eigenvalue weighted by Crippen LogP contribution is -2.61. The molecule has 2 aromatic rings. The third-order valence-corrected chi connectivity index (χ3v) is 10.5. The molecule has 0 amide bonds. The number of rotatable bonds is 5. The van der Waals surface area contributed by atoms with E-state index in [2.05, 4.69) is 4.40 Å². The molecule has 0 saturated carbocycles. The van der Waals surface area contributed by atoms with E-state index in [4.69, 9.17) is 27.9 Å². The van der Waals surface area contributed by atoms with Crippen molar-refractivity contribution in [3.63, 3.8) is 0 Å². The minimum absolute atomic E-state index is 0.0673. The average molecular weight is 583 g/mol. The lowest BCUT2D eigenvalue weighted by molar-refractivity contribution is -0.159. The lowest BCUT2D eigenvalue weighted by atomic mass is 9.85. The molecule has 5 rings (SSSR count). The summed E-state index contributed by atoms with van der Waals surface area (Å²) in [6.07, 6.45) is -4.70. The van der Waals surface area contributed by atoms with Crippen LogP contribution in [-0.2, 0) is 31.7 Å². The number of nitrogens with zero attached hydrogens (tertiary/aromatic N) is 2. The van der Waals surface area contributed by atoms with Gasteiger partial charge in [0.25, 0.3) is 0 Å². The molecule has 36 heavy (non-hydrogen) atoms. The van der Waals surface area contributed by atoms with Gasteiger partial charge in [-0.3, -0.25) is 0 Å². The van der Waals surface area contributed by atoms with Gasteiger partial charge in [0.05, 0.1) is 28.1 Å². The molecule has 13 heteroatoms. The van der Waals surface area contributed by atoms with Gasteiger partial charge in [-0.25, -0.2) is 17.2 Å². The average Bonchev–Trinajstić information content (AvgIpc) is 3.39. The zero-order valence-corrected chi connectivity index (χ0v) is 22.0. The highest BCUT2D eigenvalue weighted by atomic mass is 35.5. The monoisotopic (exact) mass is 582 g/mol. The Labute approximate surface area is 220 Å². The molecule has 2 aromatic carbocycles. The van der Waals surface area contributed by atoms with Crippen LogP contribution >= 0.6 is 35.1 Å². The second kappa shape index (κ2) is 8.84. The third kappa shape index (κ3) is 4.06. The number of hydrogen-bond acceptors (Lipinski definition) is 5. The first kappa shape index (κ1) is 26.2. The second-order valence-electron chi connectivity index (χ2n) is 9.12. The Bertz CT molecular complexity index is 1350. The van der Waals surface area contributed by atoms with E-state index in [0.717, 1.165) is 23.3 Å². The number of sulfonamides is 1. The molecule has 1 saturated heterocycles. The molecule has 0 bridgehead atoms. The van der Waals surface area contributed by atoms with Crippen molar-refractivity contribution in [2.45, 2.75) is 42.9 Å². The second-order valence-corrected chi connectivity index (χ2v) is 13.1. The summed E-state index contributed by atoms with van der Waals surface area (Å²) >= 11 is 12.0. The minimum Gasteiger partial charge on any atom is -0.363 e.